The zero-order valence-electron chi connectivity index (χ0n) is 24.1. The number of amides is 1. The van der Waals surface area contributed by atoms with Gasteiger partial charge in [-0.15, -0.1) is 0 Å². The first kappa shape index (κ1) is 30.1. The molecular formula is C33H39NO7. The van der Waals surface area contributed by atoms with Gasteiger partial charge in [0.05, 0.1) is 38.4 Å². The van der Waals surface area contributed by atoms with E-state index in [9.17, 15) is 14.7 Å². The lowest BCUT2D eigenvalue weighted by Crippen LogP contribution is -2.74. The minimum atomic E-state index is -1.24. The van der Waals surface area contributed by atoms with Crippen molar-refractivity contribution in [2.24, 2.45) is 5.92 Å². The summed E-state index contributed by atoms with van der Waals surface area (Å²) in [5, 5.41) is 11.4. The van der Waals surface area contributed by atoms with Gasteiger partial charge in [-0.3, -0.25) is 9.59 Å². The van der Waals surface area contributed by atoms with Crippen LogP contribution in [0.25, 0.3) is 0 Å². The summed E-state index contributed by atoms with van der Waals surface area (Å²) < 4.78 is 21.9. The standard InChI is InChI=1S/C33H39NO7/c1-33(2,37)31-30(29(21-40-22-35)41-20-25-8-6-5-7-9-25)32(36)34(31)26(18-23-10-14-27(38-3)15-11-23)19-24-12-16-28(39-4)17-13-24/h5-17,22,26,29-31,37H,18-21H2,1-4H3/t29-,30+,31-/m0/s1. The normalized spacial score (nSPS) is 17.6. The molecule has 1 aliphatic heterocycles. The van der Waals surface area contributed by atoms with Crippen LogP contribution in [0.15, 0.2) is 78.9 Å². The molecule has 0 bridgehead atoms. The highest BCUT2D eigenvalue weighted by atomic mass is 16.6. The fraction of sp³-hybridized carbons (Fsp3) is 0.394. The predicted molar refractivity (Wildman–Crippen MR) is 155 cm³/mol. The van der Waals surface area contributed by atoms with Crippen LogP contribution in [0.5, 0.6) is 11.5 Å². The summed E-state index contributed by atoms with van der Waals surface area (Å²) in [5.74, 6) is 0.677. The van der Waals surface area contributed by atoms with Crippen LogP contribution >= 0.6 is 0 Å². The van der Waals surface area contributed by atoms with Crippen molar-refractivity contribution in [3.8, 4) is 11.5 Å². The fourth-order valence-corrected chi connectivity index (χ4v) is 5.59. The van der Waals surface area contributed by atoms with Crippen LogP contribution < -0.4 is 9.47 Å². The first-order valence-corrected chi connectivity index (χ1v) is 13.8. The molecule has 0 saturated carbocycles. The number of likely N-dealkylation sites (tertiary alicyclic amines) is 1. The maximum Gasteiger partial charge on any atom is 0.293 e. The van der Waals surface area contributed by atoms with Crippen molar-refractivity contribution < 1.29 is 33.6 Å². The number of rotatable bonds is 15. The highest BCUT2D eigenvalue weighted by Gasteiger charge is 2.59. The van der Waals surface area contributed by atoms with Crippen molar-refractivity contribution in [3.63, 3.8) is 0 Å². The van der Waals surface area contributed by atoms with E-state index in [4.69, 9.17) is 18.9 Å². The van der Waals surface area contributed by atoms with Gasteiger partial charge < -0.3 is 29.0 Å². The van der Waals surface area contributed by atoms with Crippen LogP contribution in [-0.4, -0.2) is 67.0 Å². The number of benzene rings is 3. The molecule has 8 heteroatoms. The number of nitrogens with zero attached hydrogens (tertiary/aromatic N) is 1. The lowest BCUT2D eigenvalue weighted by molar-refractivity contribution is -0.200. The van der Waals surface area contributed by atoms with Crippen molar-refractivity contribution in [1.82, 2.24) is 4.90 Å². The second-order valence-electron chi connectivity index (χ2n) is 10.9. The summed E-state index contributed by atoms with van der Waals surface area (Å²) in [4.78, 5) is 26.9. The Morgan fingerprint density at radius 1 is 0.854 bits per heavy atom. The Bertz CT molecular complexity index is 1210. The van der Waals surface area contributed by atoms with Crippen molar-refractivity contribution >= 4 is 12.4 Å². The average Bonchev–Trinajstić information content (AvgIpc) is 2.97. The maximum absolute atomic E-state index is 14.0. The van der Waals surface area contributed by atoms with E-state index >= 15 is 0 Å². The van der Waals surface area contributed by atoms with E-state index in [0.717, 1.165) is 28.2 Å². The van der Waals surface area contributed by atoms with Gasteiger partial charge >= 0.3 is 0 Å². The smallest absolute Gasteiger partial charge is 0.293 e. The Hall–Kier alpha value is -3.88. The third-order valence-corrected chi connectivity index (χ3v) is 7.59. The zero-order chi connectivity index (χ0) is 29.4. The van der Waals surface area contributed by atoms with Gasteiger partial charge in [0.15, 0.2) is 0 Å². The summed E-state index contributed by atoms with van der Waals surface area (Å²) in [5.41, 5.74) is 1.77. The van der Waals surface area contributed by atoms with Crippen molar-refractivity contribution in [3.05, 3.63) is 95.6 Å². The molecule has 1 heterocycles. The molecule has 0 aromatic heterocycles. The van der Waals surface area contributed by atoms with Crippen LogP contribution in [0.3, 0.4) is 0 Å². The van der Waals surface area contributed by atoms with Crippen LogP contribution in [-0.2, 0) is 38.5 Å². The van der Waals surface area contributed by atoms with Gasteiger partial charge in [-0.1, -0.05) is 54.6 Å². The lowest BCUT2D eigenvalue weighted by Gasteiger charge is -2.57. The molecule has 1 amide bonds. The molecular weight excluding hydrogens is 522 g/mol. The molecule has 4 rings (SSSR count). The first-order valence-electron chi connectivity index (χ1n) is 13.8. The van der Waals surface area contributed by atoms with Gasteiger partial charge in [0.1, 0.15) is 24.2 Å². The zero-order valence-corrected chi connectivity index (χ0v) is 24.1. The Morgan fingerprint density at radius 2 is 1.39 bits per heavy atom. The molecule has 0 spiro atoms. The summed E-state index contributed by atoms with van der Waals surface area (Å²) in [6, 6.07) is 24.4. The average molecular weight is 562 g/mol. The van der Waals surface area contributed by atoms with Gasteiger partial charge in [0.2, 0.25) is 5.91 Å². The third kappa shape index (κ3) is 7.45. The Balaban J connectivity index is 1.63. The molecule has 1 N–H and O–H groups in total. The van der Waals surface area contributed by atoms with Gasteiger partial charge in [-0.2, -0.15) is 0 Å². The minimum absolute atomic E-state index is 0.0885. The summed E-state index contributed by atoms with van der Waals surface area (Å²) in [7, 11) is 3.25. The second kappa shape index (κ2) is 13.7. The van der Waals surface area contributed by atoms with E-state index in [1.54, 1.807) is 33.0 Å². The second-order valence-corrected chi connectivity index (χ2v) is 10.9. The number of β-lactam (4-membered cyclic amide) rings is 1. The molecule has 8 nitrogen and oxygen atoms in total. The van der Waals surface area contributed by atoms with Crippen molar-refractivity contribution in [2.75, 3.05) is 20.8 Å². The Labute approximate surface area is 241 Å². The van der Waals surface area contributed by atoms with Gasteiger partial charge in [-0.25, -0.2) is 0 Å². The van der Waals surface area contributed by atoms with Gasteiger partial charge in [0.25, 0.3) is 6.47 Å². The van der Waals surface area contributed by atoms with E-state index in [2.05, 4.69) is 0 Å². The fourth-order valence-electron chi connectivity index (χ4n) is 5.59. The molecule has 3 aromatic rings. The molecule has 1 aliphatic rings. The van der Waals surface area contributed by atoms with E-state index in [0.29, 0.717) is 19.3 Å². The molecule has 218 valence electrons. The molecule has 41 heavy (non-hydrogen) atoms. The SMILES string of the molecule is COc1ccc(CC(Cc2ccc(OC)cc2)N2C(=O)[C@H]([C@H](COC=O)OCc3ccccc3)[C@H]2C(C)(C)O)cc1. The number of carbonyl (C=O) groups excluding carboxylic acids is 2. The molecule has 0 radical (unpaired) electrons. The molecule has 1 saturated heterocycles. The number of ether oxygens (including phenoxy) is 4. The highest BCUT2D eigenvalue weighted by molar-refractivity contribution is 5.87. The number of hydrogen-bond acceptors (Lipinski definition) is 7. The Kier molecular flexibility index (Phi) is 10.0. The summed E-state index contributed by atoms with van der Waals surface area (Å²) >= 11 is 0. The third-order valence-electron chi connectivity index (χ3n) is 7.59. The maximum atomic E-state index is 14.0. The summed E-state index contributed by atoms with van der Waals surface area (Å²) in [6.07, 6.45) is 0.422. The number of carbonyl (C=O) groups is 2. The molecule has 1 fully saturated rings. The number of hydrogen-bond donors (Lipinski definition) is 1. The van der Waals surface area contributed by atoms with Crippen LogP contribution in [0, 0.1) is 5.92 Å². The van der Waals surface area contributed by atoms with E-state index in [1.807, 2.05) is 78.9 Å². The highest BCUT2D eigenvalue weighted by Crippen LogP contribution is 2.41. The van der Waals surface area contributed by atoms with Crippen molar-refractivity contribution in [1.29, 1.82) is 0 Å². The van der Waals surface area contributed by atoms with Crippen LogP contribution in [0.2, 0.25) is 0 Å². The minimum Gasteiger partial charge on any atom is -0.497 e. The molecule has 0 unspecified atom stereocenters. The first-order chi connectivity index (χ1) is 19.7. The number of aliphatic hydroxyl groups is 1. The monoisotopic (exact) mass is 561 g/mol. The largest absolute Gasteiger partial charge is 0.497 e. The Morgan fingerprint density at radius 3 is 1.85 bits per heavy atom. The van der Waals surface area contributed by atoms with Crippen LogP contribution in [0.1, 0.15) is 30.5 Å². The van der Waals surface area contributed by atoms with Gasteiger partial charge in [-0.05, 0) is 67.6 Å². The van der Waals surface area contributed by atoms with Gasteiger partial charge in [0, 0.05) is 6.04 Å². The molecule has 0 aliphatic carbocycles. The van der Waals surface area contributed by atoms with E-state index < -0.39 is 23.7 Å². The van der Waals surface area contributed by atoms with E-state index in [-0.39, 0.29) is 25.2 Å². The van der Waals surface area contributed by atoms with Crippen molar-refractivity contribution in [2.45, 2.75) is 57.1 Å². The predicted octanol–water partition coefficient (Wildman–Crippen LogP) is 4.21. The topological polar surface area (TPSA) is 94.5 Å². The lowest BCUT2D eigenvalue weighted by atomic mass is 9.72. The number of methoxy groups -OCH3 is 2. The van der Waals surface area contributed by atoms with Crippen LogP contribution in [0.4, 0.5) is 0 Å². The quantitative estimate of drug-likeness (QED) is 0.219. The molecule has 3 atom stereocenters. The molecule has 3 aromatic carbocycles. The van der Waals surface area contributed by atoms with E-state index in [1.165, 1.54) is 0 Å². The summed E-state index contributed by atoms with van der Waals surface area (Å²) in [6.45, 7) is 3.93.